The van der Waals surface area contributed by atoms with Gasteiger partial charge in [-0.1, -0.05) is 38.0 Å². The molecule has 4 nitrogen and oxygen atoms in total. The molecule has 5 heteroatoms. The second-order valence-corrected chi connectivity index (χ2v) is 7.89. The lowest BCUT2D eigenvalue weighted by Crippen LogP contribution is -2.08. The highest BCUT2D eigenvalue weighted by Gasteiger charge is 2.06. The van der Waals surface area contributed by atoms with Gasteiger partial charge in [0.15, 0.2) is 11.6 Å². The molecule has 0 saturated carbocycles. The predicted molar refractivity (Wildman–Crippen MR) is 124 cm³/mol. The smallest absolute Gasteiger partial charge is 0.165 e. The maximum absolute atomic E-state index is 13.6. The second kappa shape index (κ2) is 11.6. The Morgan fingerprint density at radius 3 is 2.68 bits per heavy atom. The molecular weight excluding hydrogens is 391 g/mol. The number of phenolic OH excluding ortho intramolecular Hbond substituents is 1. The third kappa shape index (κ3) is 6.86. The van der Waals surface area contributed by atoms with E-state index in [1.807, 2.05) is 24.3 Å². The van der Waals surface area contributed by atoms with Crippen molar-refractivity contribution in [2.45, 2.75) is 58.5 Å². The van der Waals surface area contributed by atoms with Gasteiger partial charge in [0.25, 0.3) is 0 Å². The Bertz CT molecular complexity index is 1020. The van der Waals surface area contributed by atoms with Gasteiger partial charge < -0.3 is 9.84 Å². The lowest BCUT2D eigenvalue weighted by molar-refractivity contribution is 0.0566. The summed E-state index contributed by atoms with van der Waals surface area (Å²) in [5, 5.41) is 9.37. The normalized spacial score (nSPS) is 12.6. The number of aromatic nitrogens is 2. The summed E-state index contributed by atoms with van der Waals surface area (Å²) in [6.45, 7) is 5.21. The minimum Gasteiger partial charge on any atom is -0.505 e. The largest absolute Gasteiger partial charge is 0.505 e. The molecule has 3 rings (SSSR count). The summed E-state index contributed by atoms with van der Waals surface area (Å²) in [4.78, 5) is 9.15. The maximum Gasteiger partial charge on any atom is 0.165 e. The number of phenols is 1. The molecule has 0 amide bonds. The van der Waals surface area contributed by atoms with Crippen LogP contribution in [0.5, 0.6) is 5.75 Å². The van der Waals surface area contributed by atoms with Crippen LogP contribution in [0.2, 0.25) is 0 Å². The monoisotopic (exact) mass is 422 g/mol. The maximum atomic E-state index is 13.6. The summed E-state index contributed by atoms with van der Waals surface area (Å²) >= 11 is 0. The van der Waals surface area contributed by atoms with E-state index in [4.69, 9.17) is 4.74 Å². The van der Waals surface area contributed by atoms with Gasteiger partial charge >= 0.3 is 0 Å². The molecule has 164 valence electrons. The number of hydrogen-bond acceptors (Lipinski definition) is 4. The van der Waals surface area contributed by atoms with E-state index in [1.165, 1.54) is 25.0 Å². The van der Waals surface area contributed by atoms with Crippen LogP contribution in [0.25, 0.3) is 28.2 Å². The van der Waals surface area contributed by atoms with Gasteiger partial charge in [0, 0.05) is 6.61 Å². The van der Waals surface area contributed by atoms with Crippen LogP contribution in [0.15, 0.2) is 48.7 Å². The Morgan fingerprint density at radius 2 is 1.87 bits per heavy atom. The van der Waals surface area contributed by atoms with Crippen LogP contribution in [-0.2, 0) is 4.74 Å². The van der Waals surface area contributed by atoms with Crippen molar-refractivity contribution in [2.24, 2.45) is 0 Å². The average Bonchev–Trinajstić information content (AvgIpc) is 2.78. The number of rotatable bonds is 11. The Balaban J connectivity index is 1.53. The highest BCUT2D eigenvalue weighted by molar-refractivity contribution is 5.82. The number of halogens is 1. The highest BCUT2D eigenvalue weighted by Crippen LogP contribution is 2.26. The molecule has 0 aliphatic heterocycles. The van der Waals surface area contributed by atoms with E-state index in [2.05, 4.69) is 29.9 Å². The van der Waals surface area contributed by atoms with Crippen LogP contribution in [0, 0.1) is 5.82 Å². The van der Waals surface area contributed by atoms with E-state index in [-0.39, 0.29) is 5.75 Å². The van der Waals surface area contributed by atoms with Crippen molar-refractivity contribution in [1.82, 2.24) is 9.97 Å². The third-order valence-corrected chi connectivity index (χ3v) is 5.26. The standard InChI is InChI=1S/C26H31FN2O2/c1-3-4-8-15-31-19(2)9-6-5-7-10-22-18-28-25-17-21(11-13-24(25)29-22)20-12-14-26(30)23(27)16-20/h7,10-14,16-19,30H,3-6,8-9,15H2,1-2H3. The fraction of sp³-hybridized carbons (Fsp3) is 0.385. The molecule has 0 aliphatic rings. The number of aromatic hydroxyl groups is 1. The lowest BCUT2D eigenvalue weighted by atomic mass is 10.0. The van der Waals surface area contributed by atoms with Crippen LogP contribution < -0.4 is 0 Å². The molecule has 0 bridgehead atoms. The number of nitrogens with zero attached hydrogens (tertiary/aromatic N) is 2. The summed E-state index contributed by atoms with van der Waals surface area (Å²) in [6.07, 6.45) is 12.9. The van der Waals surface area contributed by atoms with Gasteiger partial charge in [-0.15, -0.1) is 0 Å². The number of allylic oxidation sites excluding steroid dienone is 1. The first-order chi connectivity index (χ1) is 15.1. The van der Waals surface area contributed by atoms with Gasteiger partial charge in [0.05, 0.1) is 29.0 Å². The van der Waals surface area contributed by atoms with Crippen LogP contribution in [-0.4, -0.2) is 27.8 Å². The first-order valence-corrected chi connectivity index (χ1v) is 11.1. The Hall–Kier alpha value is -2.79. The molecule has 1 N–H and O–H groups in total. The number of unbranched alkanes of at least 4 members (excludes halogenated alkanes) is 3. The molecule has 0 spiro atoms. The van der Waals surface area contributed by atoms with Crippen molar-refractivity contribution in [1.29, 1.82) is 0 Å². The summed E-state index contributed by atoms with van der Waals surface area (Å²) < 4.78 is 19.5. The summed E-state index contributed by atoms with van der Waals surface area (Å²) in [6, 6.07) is 10.0. The van der Waals surface area contributed by atoms with E-state index < -0.39 is 5.82 Å². The third-order valence-electron chi connectivity index (χ3n) is 5.26. The molecule has 31 heavy (non-hydrogen) atoms. The van der Waals surface area contributed by atoms with Crippen molar-refractivity contribution in [3.05, 3.63) is 60.2 Å². The van der Waals surface area contributed by atoms with E-state index >= 15 is 0 Å². The molecule has 1 atom stereocenters. The predicted octanol–water partition coefficient (Wildman–Crippen LogP) is 6.92. The molecule has 3 aromatic rings. The van der Waals surface area contributed by atoms with Gasteiger partial charge in [-0.05, 0) is 74.1 Å². The van der Waals surface area contributed by atoms with E-state index in [1.54, 1.807) is 12.3 Å². The van der Waals surface area contributed by atoms with Crippen LogP contribution in [0.3, 0.4) is 0 Å². The topological polar surface area (TPSA) is 55.2 Å². The molecule has 0 fully saturated rings. The van der Waals surface area contributed by atoms with Crippen molar-refractivity contribution >= 4 is 17.1 Å². The van der Waals surface area contributed by atoms with Gasteiger partial charge in [-0.2, -0.15) is 0 Å². The quantitative estimate of drug-likeness (QED) is 0.341. The second-order valence-electron chi connectivity index (χ2n) is 7.89. The fourth-order valence-electron chi connectivity index (χ4n) is 3.42. The Morgan fingerprint density at radius 1 is 1.06 bits per heavy atom. The van der Waals surface area contributed by atoms with Crippen molar-refractivity contribution in [2.75, 3.05) is 6.61 Å². The molecule has 0 aliphatic carbocycles. The molecule has 0 radical (unpaired) electrons. The van der Waals surface area contributed by atoms with Gasteiger partial charge in [-0.3, -0.25) is 4.98 Å². The minimum absolute atomic E-state index is 0.307. The summed E-state index contributed by atoms with van der Waals surface area (Å²) in [7, 11) is 0. The van der Waals surface area contributed by atoms with Gasteiger partial charge in [0.1, 0.15) is 0 Å². The Labute approximate surface area is 183 Å². The zero-order valence-electron chi connectivity index (χ0n) is 18.4. The molecular formula is C26H31FN2O2. The summed E-state index contributed by atoms with van der Waals surface area (Å²) in [5.74, 6) is -0.990. The SMILES string of the molecule is CCCCCOC(C)CCCC=Cc1cnc2cc(-c3ccc(O)c(F)c3)ccc2n1. The first kappa shape index (κ1) is 22.9. The van der Waals surface area contributed by atoms with Crippen molar-refractivity contribution in [3.63, 3.8) is 0 Å². The Kier molecular flexibility index (Phi) is 8.53. The zero-order chi connectivity index (χ0) is 22.1. The molecule has 1 heterocycles. The molecule has 0 saturated heterocycles. The first-order valence-electron chi connectivity index (χ1n) is 11.1. The van der Waals surface area contributed by atoms with Crippen LogP contribution in [0.1, 0.15) is 58.1 Å². The van der Waals surface area contributed by atoms with Crippen LogP contribution in [0.4, 0.5) is 4.39 Å². The fourth-order valence-corrected chi connectivity index (χ4v) is 3.42. The number of fused-ring (bicyclic) bond motifs is 1. The average molecular weight is 423 g/mol. The highest BCUT2D eigenvalue weighted by atomic mass is 19.1. The zero-order valence-corrected chi connectivity index (χ0v) is 18.4. The van der Waals surface area contributed by atoms with Crippen molar-refractivity contribution in [3.8, 4) is 16.9 Å². The summed E-state index contributed by atoms with van der Waals surface area (Å²) in [5.41, 5.74) is 3.87. The van der Waals surface area contributed by atoms with E-state index in [0.29, 0.717) is 11.7 Å². The van der Waals surface area contributed by atoms with E-state index in [0.717, 1.165) is 54.6 Å². The molecule has 2 aromatic carbocycles. The van der Waals surface area contributed by atoms with E-state index in [9.17, 15) is 9.50 Å². The molecule has 1 aromatic heterocycles. The lowest BCUT2D eigenvalue weighted by Gasteiger charge is -2.11. The number of hydrogen-bond donors (Lipinski definition) is 1. The number of ether oxygens (including phenoxy) is 1. The van der Waals surface area contributed by atoms with Crippen LogP contribution >= 0.6 is 0 Å². The number of benzene rings is 2. The minimum atomic E-state index is -0.637. The van der Waals surface area contributed by atoms with Gasteiger partial charge in [0.2, 0.25) is 0 Å². The van der Waals surface area contributed by atoms with Gasteiger partial charge in [-0.25, -0.2) is 9.37 Å². The molecule has 1 unspecified atom stereocenters. The van der Waals surface area contributed by atoms with Crippen molar-refractivity contribution < 1.29 is 14.2 Å².